The smallest absolute Gasteiger partial charge is 0.138 e. The molecule has 1 aliphatic heterocycles. The second-order valence-electron chi connectivity index (χ2n) is 4.78. The number of rotatable bonds is 4. The molecule has 1 N–H and O–H groups in total. The fraction of sp³-hybridized carbons (Fsp3) is 0.500. The molecule has 0 saturated carbocycles. The first-order chi connectivity index (χ1) is 9.79. The quantitative estimate of drug-likeness (QED) is 0.859. The van der Waals surface area contributed by atoms with Crippen LogP contribution in [-0.2, 0) is 16.1 Å². The van der Waals surface area contributed by atoms with E-state index in [1.54, 1.807) is 12.1 Å². The minimum Gasteiger partial charge on any atom is -0.384 e. The third-order valence-corrected chi connectivity index (χ3v) is 3.18. The first-order valence-corrected chi connectivity index (χ1v) is 6.87. The Morgan fingerprint density at radius 3 is 3.05 bits per heavy atom. The summed E-state index contributed by atoms with van der Waals surface area (Å²) in [6.45, 7) is 1.51. The minimum atomic E-state index is -0.384. The largest absolute Gasteiger partial charge is 0.384 e. The molecular weight excluding hydrogens is 259 g/mol. The molecule has 1 atom stereocenters. The number of halogens is 1. The van der Waals surface area contributed by atoms with E-state index in [2.05, 4.69) is 11.8 Å². The number of ether oxygens (including phenoxy) is 2. The van der Waals surface area contributed by atoms with Crippen molar-refractivity contribution < 1.29 is 19.0 Å². The lowest BCUT2D eigenvalue weighted by atomic mass is 10.1. The summed E-state index contributed by atoms with van der Waals surface area (Å²) >= 11 is 0. The van der Waals surface area contributed by atoms with Crippen LogP contribution in [-0.4, -0.2) is 31.0 Å². The van der Waals surface area contributed by atoms with Gasteiger partial charge in [0.1, 0.15) is 12.4 Å². The zero-order valence-corrected chi connectivity index (χ0v) is 11.4. The van der Waals surface area contributed by atoms with E-state index < -0.39 is 0 Å². The van der Waals surface area contributed by atoms with Crippen molar-refractivity contribution in [3.63, 3.8) is 0 Å². The van der Waals surface area contributed by atoms with Gasteiger partial charge >= 0.3 is 0 Å². The fourth-order valence-electron chi connectivity index (χ4n) is 2.14. The highest BCUT2D eigenvalue weighted by Gasteiger charge is 2.13. The SMILES string of the molecule is OCC#Cc1cc(COCC2CCCCO2)ccc1F. The fourth-order valence-corrected chi connectivity index (χ4v) is 2.14. The summed E-state index contributed by atoms with van der Waals surface area (Å²) in [4.78, 5) is 0. The van der Waals surface area contributed by atoms with E-state index >= 15 is 0 Å². The molecule has 2 rings (SSSR count). The summed E-state index contributed by atoms with van der Waals surface area (Å²) in [5.74, 6) is 4.65. The molecule has 3 nitrogen and oxygen atoms in total. The van der Waals surface area contributed by atoms with E-state index in [-0.39, 0.29) is 24.1 Å². The van der Waals surface area contributed by atoms with Crippen molar-refractivity contribution in [1.29, 1.82) is 0 Å². The van der Waals surface area contributed by atoms with E-state index in [4.69, 9.17) is 14.6 Å². The molecule has 0 aromatic heterocycles. The van der Waals surface area contributed by atoms with Gasteiger partial charge < -0.3 is 14.6 Å². The van der Waals surface area contributed by atoms with E-state index in [0.29, 0.717) is 13.2 Å². The van der Waals surface area contributed by atoms with E-state index in [0.717, 1.165) is 25.0 Å². The average Bonchev–Trinajstić information content (AvgIpc) is 2.49. The molecule has 1 fully saturated rings. The Morgan fingerprint density at radius 2 is 2.30 bits per heavy atom. The lowest BCUT2D eigenvalue weighted by Gasteiger charge is -2.22. The standard InChI is InChI=1S/C16H19FO3/c17-16-7-6-13(10-14(16)4-3-8-18)11-19-12-15-5-1-2-9-20-15/h6-7,10,15,18H,1-2,5,8-9,11-12H2. The van der Waals surface area contributed by atoms with Crippen molar-refractivity contribution >= 4 is 0 Å². The Morgan fingerprint density at radius 1 is 1.40 bits per heavy atom. The van der Waals surface area contributed by atoms with Crippen LogP contribution in [0.5, 0.6) is 0 Å². The Kier molecular flexibility index (Phi) is 6.00. The Bertz CT molecular complexity index is 484. The first-order valence-electron chi connectivity index (χ1n) is 6.87. The second kappa shape index (κ2) is 8.01. The predicted octanol–water partition coefficient (Wildman–Crippen LogP) is 2.26. The van der Waals surface area contributed by atoms with Gasteiger partial charge in [-0.25, -0.2) is 4.39 Å². The Labute approximate surface area is 118 Å². The van der Waals surface area contributed by atoms with E-state index in [1.807, 2.05) is 0 Å². The molecule has 4 heteroatoms. The molecule has 0 amide bonds. The normalized spacial score (nSPS) is 18.4. The molecule has 1 aromatic rings. The molecule has 1 heterocycles. The number of benzene rings is 1. The molecule has 1 aromatic carbocycles. The Hall–Kier alpha value is -1.41. The molecule has 0 aliphatic carbocycles. The monoisotopic (exact) mass is 278 g/mol. The maximum absolute atomic E-state index is 13.5. The summed E-state index contributed by atoms with van der Waals surface area (Å²) in [5, 5.41) is 8.64. The number of hydrogen-bond donors (Lipinski definition) is 1. The van der Waals surface area contributed by atoms with Crippen LogP contribution in [0.2, 0.25) is 0 Å². The van der Waals surface area contributed by atoms with Gasteiger partial charge in [0.05, 0.1) is 24.9 Å². The number of aliphatic hydroxyl groups excluding tert-OH is 1. The summed E-state index contributed by atoms with van der Waals surface area (Å²) < 4.78 is 24.7. The van der Waals surface area contributed by atoms with Crippen LogP contribution >= 0.6 is 0 Å². The zero-order chi connectivity index (χ0) is 14.2. The molecule has 108 valence electrons. The average molecular weight is 278 g/mol. The minimum absolute atomic E-state index is 0.179. The van der Waals surface area contributed by atoms with E-state index in [1.165, 1.54) is 12.5 Å². The van der Waals surface area contributed by atoms with Crippen molar-refractivity contribution in [2.75, 3.05) is 19.8 Å². The second-order valence-corrected chi connectivity index (χ2v) is 4.78. The lowest BCUT2D eigenvalue weighted by molar-refractivity contribution is -0.0447. The van der Waals surface area contributed by atoms with Crippen LogP contribution in [0.25, 0.3) is 0 Å². The molecule has 1 aliphatic rings. The van der Waals surface area contributed by atoms with Crippen molar-refractivity contribution in [3.8, 4) is 11.8 Å². The van der Waals surface area contributed by atoms with Crippen LogP contribution in [0.3, 0.4) is 0 Å². The van der Waals surface area contributed by atoms with Gasteiger partial charge in [-0.3, -0.25) is 0 Å². The van der Waals surface area contributed by atoms with Crippen molar-refractivity contribution in [3.05, 3.63) is 35.1 Å². The van der Waals surface area contributed by atoms with Gasteiger partial charge in [0.15, 0.2) is 0 Å². The van der Waals surface area contributed by atoms with Crippen LogP contribution in [0, 0.1) is 17.7 Å². The third kappa shape index (κ3) is 4.61. The highest BCUT2D eigenvalue weighted by atomic mass is 19.1. The number of aliphatic hydroxyl groups is 1. The summed E-state index contributed by atoms with van der Waals surface area (Å²) in [7, 11) is 0. The third-order valence-electron chi connectivity index (χ3n) is 3.18. The zero-order valence-electron chi connectivity index (χ0n) is 11.4. The molecule has 0 radical (unpaired) electrons. The highest BCUT2D eigenvalue weighted by molar-refractivity contribution is 5.38. The molecule has 0 spiro atoms. The molecule has 1 unspecified atom stereocenters. The molecule has 0 bridgehead atoms. The van der Waals surface area contributed by atoms with Crippen LogP contribution < -0.4 is 0 Å². The number of hydrogen-bond acceptors (Lipinski definition) is 3. The van der Waals surface area contributed by atoms with Crippen molar-refractivity contribution in [1.82, 2.24) is 0 Å². The maximum atomic E-state index is 13.5. The molecule has 20 heavy (non-hydrogen) atoms. The Balaban J connectivity index is 1.86. The maximum Gasteiger partial charge on any atom is 0.138 e. The van der Waals surface area contributed by atoms with Crippen molar-refractivity contribution in [2.24, 2.45) is 0 Å². The van der Waals surface area contributed by atoms with Gasteiger partial charge in [-0.15, -0.1) is 0 Å². The molecular formula is C16H19FO3. The van der Waals surface area contributed by atoms with Gasteiger partial charge in [-0.05, 0) is 37.0 Å². The molecule has 1 saturated heterocycles. The highest BCUT2D eigenvalue weighted by Crippen LogP contribution is 2.14. The van der Waals surface area contributed by atoms with E-state index in [9.17, 15) is 4.39 Å². The summed E-state index contributed by atoms with van der Waals surface area (Å²) in [5.41, 5.74) is 1.15. The van der Waals surface area contributed by atoms with Gasteiger partial charge in [-0.1, -0.05) is 17.9 Å². The summed E-state index contributed by atoms with van der Waals surface area (Å²) in [6, 6.07) is 4.71. The van der Waals surface area contributed by atoms with Gasteiger partial charge in [0.25, 0.3) is 0 Å². The summed E-state index contributed by atoms with van der Waals surface area (Å²) in [6.07, 6.45) is 3.53. The first kappa shape index (κ1) is 15.0. The van der Waals surface area contributed by atoms with Crippen LogP contribution in [0.1, 0.15) is 30.4 Å². The lowest BCUT2D eigenvalue weighted by Crippen LogP contribution is -2.24. The van der Waals surface area contributed by atoms with Gasteiger partial charge in [0, 0.05) is 6.61 Å². The predicted molar refractivity (Wildman–Crippen MR) is 73.6 cm³/mol. The van der Waals surface area contributed by atoms with Crippen LogP contribution in [0.4, 0.5) is 4.39 Å². The van der Waals surface area contributed by atoms with Crippen LogP contribution in [0.15, 0.2) is 18.2 Å². The van der Waals surface area contributed by atoms with Gasteiger partial charge in [0.2, 0.25) is 0 Å². The topological polar surface area (TPSA) is 38.7 Å². The van der Waals surface area contributed by atoms with Crippen molar-refractivity contribution in [2.45, 2.75) is 32.0 Å². The van der Waals surface area contributed by atoms with Gasteiger partial charge in [-0.2, -0.15) is 0 Å².